The fourth-order valence-corrected chi connectivity index (χ4v) is 4.15. The van der Waals surface area contributed by atoms with Gasteiger partial charge >= 0.3 is 0 Å². The van der Waals surface area contributed by atoms with Gasteiger partial charge in [0.25, 0.3) is 0 Å². The summed E-state index contributed by atoms with van der Waals surface area (Å²) in [7, 11) is 1.72. The highest BCUT2D eigenvalue weighted by molar-refractivity contribution is 9.10. The van der Waals surface area contributed by atoms with E-state index in [0.717, 1.165) is 32.8 Å². The van der Waals surface area contributed by atoms with E-state index in [1.165, 1.54) is 11.1 Å². The highest BCUT2D eigenvalue weighted by Crippen LogP contribution is 2.41. The minimum atomic E-state index is 0.142. The number of methoxy groups -OCH3 is 1. The van der Waals surface area contributed by atoms with Gasteiger partial charge in [0.05, 0.1) is 7.11 Å². The van der Waals surface area contributed by atoms with Crippen LogP contribution in [0.4, 0.5) is 0 Å². The first-order valence-corrected chi connectivity index (χ1v) is 8.75. The predicted molar refractivity (Wildman–Crippen MR) is 97.0 cm³/mol. The summed E-state index contributed by atoms with van der Waals surface area (Å²) in [5.74, 6) is 0.935. The maximum Gasteiger partial charge on any atom is 0.126 e. The van der Waals surface area contributed by atoms with Crippen LogP contribution in [0.15, 0.2) is 34.8 Å². The first kappa shape index (κ1) is 16.9. The molecule has 0 saturated carbocycles. The van der Waals surface area contributed by atoms with Gasteiger partial charge in [0.1, 0.15) is 5.75 Å². The van der Waals surface area contributed by atoms with E-state index in [4.69, 9.17) is 16.3 Å². The Bertz CT molecular complexity index is 655. The minimum Gasteiger partial charge on any atom is -0.496 e. The molecule has 112 valence electrons. The Morgan fingerprint density at radius 3 is 2.52 bits per heavy atom. The van der Waals surface area contributed by atoms with Crippen molar-refractivity contribution < 1.29 is 4.74 Å². The maximum atomic E-state index is 6.27. The van der Waals surface area contributed by atoms with Gasteiger partial charge in [-0.05, 0) is 49.1 Å². The number of hydrogen-bond acceptors (Lipinski definition) is 1. The molecule has 21 heavy (non-hydrogen) atoms. The van der Waals surface area contributed by atoms with Gasteiger partial charge in [-0.25, -0.2) is 0 Å². The van der Waals surface area contributed by atoms with Crippen LogP contribution in [0.25, 0.3) is 0 Å². The molecule has 0 heterocycles. The fourth-order valence-electron chi connectivity index (χ4n) is 2.48. The van der Waals surface area contributed by atoms with Crippen molar-refractivity contribution in [3.8, 4) is 5.75 Å². The van der Waals surface area contributed by atoms with Crippen LogP contribution in [0, 0.1) is 13.8 Å². The molecule has 1 unspecified atom stereocenters. The topological polar surface area (TPSA) is 9.23 Å². The molecule has 0 N–H and O–H groups in total. The summed E-state index contributed by atoms with van der Waals surface area (Å²) in [6.07, 6.45) is 0.812. The molecule has 2 rings (SSSR count). The zero-order valence-corrected chi connectivity index (χ0v) is 16.1. The summed E-state index contributed by atoms with van der Waals surface area (Å²) < 4.78 is 6.71. The number of alkyl halides is 1. The van der Waals surface area contributed by atoms with E-state index in [0.29, 0.717) is 0 Å². The summed E-state index contributed by atoms with van der Waals surface area (Å²) in [4.78, 5) is 0.142. The van der Waals surface area contributed by atoms with Crippen molar-refractivity contribution >= 4 is 43.5 Å². The third-order valence-electron chi connectivity index (χ3n) is 3.58. The van der Waals surface area contributed by atoms with Crippen LogP contribution >= 0.6 is 43.5 Å². The Morgan fingerprint density at radius 2 is 1.90 bits per heavy atom. The van der Waals surface area contributed by atoms with E-state index in [1.807, 2.05) is 18.2 Å². The molecule has 0 spiro atoms. The highest BCUT2D eigenvalue weighted by Gasteiger charge is 2.21. The van der Waals surface area contributed by atoms with Gasteiger partial charge in [-0.15, -0.1) is 0 Å². The van der Waals surface area contributed by atoms with Crippen molar-refractivity contribution in [3.05, 3.63) is 62.1 Å². The molecule has 0 aliphatic heterocycles. The number of rotatable bonds is 4. The monoisotopic (exact) mass is 430 g/mol. The molecule has 0 aromatic heterocycles. The van der Waals surface area contributed by atoms with Crippen LogP contribution in [-0.2, 0) is 6.42 Å². The van der Waals surface area contributed by atoms with Crippen molar-refractivity contribution in [3.63, 3.8) is 0 Å². The Labute approximate surface area is 147 Å². The molecule has 0 radical (unpaired) electrons. The number of halogens is 3. The van der Waals surface area contributed by atoms with Crippen molar-refractivity contribution in [2.45, 2.75) is 25.1 Å². The van der Waals surface area contributed by atoms with Crippen LogP contribution in [0.2, 0.25) is 5.02 Å². The van der Waals surface area contributed by atoms with E-state index in [9.17, 15) is 0 Å². The normalized spacial score (nSPS) is 12.3. The molecule has 0 aliphatic carbocycles. The van der Waals surface area contributed by atoms with Crippen molar-refractivity contribution in [2.75, 3.05) is 7.11 Å². The Balaban J connectivity index is 2.44. The Morgan fingerprint density at radius 1 is 1.24 bits per heavy atom. The van der Waals surface area contributed by atoms with Crippen LogP contribution in [0.5, 0.6) is 5.75 Å². The zero-order valence-electron chi connectivity index (χ0n) is 12.2. The Hall–Kier alpha value is -0.510. The largest absolute Gasteiger partial charge is 0.496 e. The zero-order chi connectivity index (χ0) is 15.6. The molecule has 1 nitrogen and oxygen atoms in total. The summed E-state index contributed by atoms with van der Waals surface area (Å²) in [5, 5.41) is 0.797. The highest BCUT2D eigenvalue weighted by atomic mass is 79.9. The smallest absolute Gasteiger partial charge is 0.126 e. The third kappa shape index (κ3) is 3.64. The van der Waals surface area contributed by atoms with Crippen LogP contribution in [0.1, 0.15) is 27.1 Å². The lowest BCUT2D eigenvalue weighted by Crippen LogP contribution is -2.04. The first-order valence-electron chi connectivity index (χ1n) is 6.66. The quantitative estimate of drug-likeness (QED) is 0.508. The van der Waals surface area contributed by atoms with Crippen molar-refractivity contribution in [1.82, 2.24) is 0 Å². The van der Waals surface area contributed by atoms with E-state index in [1.54, 1.807) is 7.11 Å². The number of aryl methyl sites for hydroxylation is 1. The lowest BCUT2D eigenvalue weighted by atomic mass is 9.97. The summed E-state index contributed by atoms with van der Waals surface area (Å²) >= 11 is 13.7. The van der Waals surface area contributed by atoms with Gasteiger partial charge in [0, 0.05) is 19.9 Å². The van der Waals surface area contributed by atoms with Crippen molar-refractivity contribution in [2.24, 2.45) is 0 Å². The molecule has 0 fully saturated rings. The van der Waals surface area contributed by atoms with Gasteiger partial charge in [0.2, 0.25) is 0 Å². The van der Waals surface area contributed by atoms with Gasteiger partial charge < -0.3 is 4.74 Å². The minimum absolute atomic E-state index is 0.142. The molecule has 1 atom stereocenters. The molecule has 0 bridgehead atoms. The Kier molecular flexibility index (Phi) is 5.75. The molecular formula is C17H17Br2ClO. The lowest BCUT2D eigenvalue weighted by molar-refractivity contribution is 0.405. The average Bonchev–Trinajstić information content (AvgIpc) is 2.44. The standard InChI is InChI=1S/C17H17Br2ClO/c1-10-8-13(18)11(2)16(17(10)21-3)14(19)9-12-6-4-5-7-15(12)20/h4-8,14H,9H2,1-3H3. The molecule has 0 aliphatic rings. The second kappa shape index (κ2) is 7.17. The van der Waals surface area contributed by atoms with E-state index in [-0.39, 0.29) is 4.83 Å². The lowest BCUT2D eigenvalue weighted by Gasteiger charge is -2.20. The number of ether oxygens (including phenoxy) is 1. The number of hydrogen-bond donors (Lipinski definition) is 0. The molecule has 0 amide bonds. The first-order chi connectivity index (χ1) is 9.95. The number of benzene rings is 2. The summed E-state index contributed by atoms with van der Waals surface area (Å²) in [6, 6.07) is 10.0. The molecular weight excluding hydrogens is 415 g/mol. The van der Waals surface area contributed by atoms with E-state index >= 15 is 0 Å². The second-order valence-electron chi connectivity index (χ2n) is 5.01. The van der Waals surface area contributed by atoms with E-state index in [2.05, 4.69) is 57.8 Å². The van der Waals surface area contributed by atoms with E-state index < -0.39 is 0 Å². The van der Waals surface area contributed by atoms with Gasteiger partial charge in [-0.2, -0.15) is 0 Å². The van der Waals surface area contributed by atoms with Crippen LogP contribution in [-0.4, -0.2) is 7.11 Å². The average molecular weight is 433 g/mol. The van der Waals surface area contributed by atoms with Crippen LogP contribution < -0.4 is 4.74 Å². The molecule has 4 heteroatoms. The summed E-state index contributed by atoms with van der Waals surface area (Å²) in [6.45, 7) is 4.16. The SMILES string of the molecule is COc1c(C)cc(Br)c(C)c1C(Br)Cc1ccccc1Cl. The molecule has 2 aromatic carbocycles. The van der Waals surface area contributed by atoms with Crippen molar-refractivity contribution in [1.29, 1.82) is 0 Å². The van der Waals surface area contributed by atoms with Crippen LogP contribution in [0.3, 0.4) is 0 Å². The van der Waals surface area contributed by atoms with Gasteiger partial charge in [-0.1, -0.05) is 61.7 Å². The van der Waals surface area contributed by atoms with Gasteiger partial charge in [-0.3, -0.25) is 0 Å². The molecule has 0 saturated heterocycles. The maximum absolute atomic E-state index is 6.27. The molecule has 2 aromatic rings. The van der Waals surface area contributed by atoms with Gasteiger partial charge in [0.15, 0.2) is 0 Å². The second-order valence-corrected chi connectivity index (χ2v) is 7.38. The summed E-state index contributed by atoms with van der Waals surface area (Å²) in [5.41, 5.74) is 4.60. The fraction of sp³-hybridized carbons (Fsp3) is 0.294. The predicted octanol–water partition coefficient (Wildman–Crippen LogP) is 6.41. The third-order valence-corrected chi connectivity index (χ3v) is 5.56.